The third kappa shape index (κ3) is 3.78. The van der Waals surface area contributed by atoms with Crippen LogP contribution >= 0.6 is 22.6 Å². The molecule has 0 saturated heterocycles. The van der Waals surface area contributed by atoms with Gasteiger partial charge in [0.05, 0.1) is 16.4 Å². The van der Waals surface area contributed by atoms with E-state index in [1.54, 1.807) is 10.9 Å². The summed E-state index contributed by atoms with van der Waals surface area (Å²) < 4.78 is 2.91. The molecule has 0 unspecified atom stereocenters. The van der Waals surface area contributed by atoms with Gasteiger partial charge < -0.3 is 10.4 Å². The summed E-state index contributed by atoms with van der Waals surface area (Å²) in [6.45, 7) is 2.84. The fraction of sp³-hybridized carbons (Fsp3) is 0.556. The second-order valence-corrected chi connectivity index (χ2v) is 4.29. The average Bonchev–Trinajstić information content (AvgIpc) is 2.54. The van der Waals surface area contributed by atoms with Crippen molar-refractivity contribution in [3.63, 3.8) is 0 Å². The van der Waals surface area contributed by atoms with E-state index in [4.69, 9.17) is 5.11 Å². The molecule has 1 amide bonds. The molecule has 0 saturated carbocycles. The van der Waals surface area contributed by atoms with Crippen molar-refractivity contribution in [2.24, 2.45) is 0 Å². The Balaban J connectivity index is 2.37. The average molecular weight is 323 g/mol. The molecule has 1 aromatic rings. The van der Waals surface area contributed by atoms with Crippen LogP contribution in [0.15, 0.2) is 6.20 Å². The van der Waals surface area contributed by atoms with Crippen LogP contribution in [0.1, 0.15) is 12.1 Å². The number of aliphatic hydroxyl groups excluding tert-OH is 1. The highest BCUT2D eigenvalue weighted by Gasteiger charge is 2.05. The molecule has 0 fully saturated rings. The van der Waals surface area contributed by atoms with Crippen LogP contribution < -0.4 is 5.32 Å². The Hall–Kier alpha value is -0.630. The fourth-order valence-corrected chi connectivity index (χ4v) is 1.54. The highest BCUT2D eigenvalue weighted by Crippen LogP contribution is 2.09. The zero-order valence-electron chi connectivity index (χ0n) is 8.53. The van der Waals surface area contributed by atoms with Crippen LogP contribution in [0.5, 0.6) is 0 Å². The van der Waals surface area contributed by atoms with Crippen molar-refractivity contribution in [3.8, 4) is 0 Å². The fourth-order valence-electron chi connectivity index (χ4n) is 1.14. The van der Waals surface area contributed by atoms with E-state index in [2.05, 4.69) is 33.0 Å². The standard InChI is InChI=1S/C9H14IN3O2/c1-7-8(10)6-12-13(7)4-2-9(15)11-3-5-14/h6,14H,2-5H2,1H3,(H,11,15). The molecule has 1 heterocycles. The smallest absolute Gasteiger partial charge is 0.221 e. The van der Waals surface area contributed by atoms with E-state index in [0.717, 1.165) is 9.26 Å². The minimum Gasteiger partial charge on any atom is -0.395 e. The van der Waals surface area contributed by atoms with Gasteiger partial charge in [-0.05, 0) is 29.5 Å². The first-order valence-electron chi connectivity index (χ1n) is 4.70. The monoisotopic (exact) mass is 323 g/mol. The van der Waals surface area contributed by atoms with Crippen LogP contribution in [0.4, 0.5) is 0 Å². The highest BCUT2D eigenvalue weighted by atomic mass is 127. The number of nitrogens with zero attached hydrogens (tertiary/aromatic N) is 2. The van der Waals surface area contributed by atoms with Crippen LogP contribution in [0.2, 0.25) is 0 Å². The Morgan fingerprint density at radius 2 is 2.47 bits per heavy atom. The van der Waals surface area contributed by atoms with Gasteiger partial charge >= 0.3 is 0 Å². The number of halogens is 1. The van der Waals surface area contributed by atoms with Crippen molar-refractivity contribution in [2.45, 2.75) is 19.9 Å². The quantitative estimate of drug-likeness (QED) is 0.766. The first-order valence-corrected chi connectivity index (χ1v) is 5.78. The summed E-state index contributed by atoms with van der Waals surface area (Å²) in [7, 11) is 0. The lowest BCUT2D eigenvalue weighted by molar-refractivity contribution is -0.121. The third-order valence-electron chi connectivity index (χ3n) is 2.03. The van der Waals surface area contributed by atoms with Gasteiger partial charge in [-0.3, -0.25) is 9.48 Å². The van der Waals surface area contributed by atoms with Crippen molar-refractivity contribution in [1.29, 1.82) is 0 Å². The lowest BCUT2D eigenvalue weighted by atomic mass is 10.4. The second-order valence-electron chi connectivity index (χ2n) is 3.12. The molecule has 84 valence electrons. The topological polar surface area (TPSA) is 67.2 Å². The first-order chi connectivity index (χ1) is 7.15. The molecule has 15 heavy (non-hydrogen) atoms. The zero-order chi connectivity index (χ0) is 11.3. The Kier molecular flexibility index (Phi) is 5.03. The molecule has 0 aliphatic heterocycles. The lowest BCUT2D eigenvalue weighted by Crippen LogP contribution is -2.27. The summed E-state index contributed by atoms with van der Waals surface area (Å²) in [6.07, 6.45) is 2.17. The van der Waals surface area contributed by atoms with E-state index in [1.807, 2.05) is 6.92 Å². The molecular weight excluding hydrogens is 309 g/mol. The van der Waals surface area contributed by atoms with E-state index in [0.29, 0.717) is 19.5 Å². The van der Waals surface area contributed by atoms with Gasteiger partial charge in [-0.1, -0.05) is 0 Å². The molecular formula is C9H14IN3O2. The Morgan fingerprint density at radius 3 is 3.00 bits per heavy atom. The maximum atomic E-state index is 11.2. The molecule has 0 radical (unpaired) electrons. The van der Waals surface area contributed by atoms with Crippen LogP contribution in [-0.2, 0) is 11.3 Å². The van der Waals surface area contributed by atoms with Crippen molar-refractivity contribution in [1.82, 2.24) is 15.1 Å². The molecule has 0 aliphatic carbocycles. The Labute approximate surface area is 102 Å². The van der Waals surface area contributed by atoms with Gasteiger partial charge in [-0.25, -0.2) is 0 Å². The molecule has 0 bridgehead atoms. The van der Waals surface area contributed by atoms with E-state index in [9.17, 15) is 4.79 Å². The van der Waals surface area contributed by atoms with Gasteiger partial charge in [0, 0.05) is 25.2 Å². The normalized spacial score (nSPS) is 10.3. The summed E-state index contributed by atoms with van der Waals surface area (Å²) in [5, 5.41) is 15.3. The molecule has 5 nitrogen and oxygen atoms in total. The van der Waals surface area contributed by atoms with E-state index in [1.165, 1.54) is 0 Å². The molecule has 0 atom stereocenters. The number of aliphatic hydroxyl groups is 1. The minimum absolute atomic E-state index is 0.0234. The van der Waals surface area contributed by atoms with Crippen LogP contribution in [0.25, 0.3) is 0 Å². The van der Waals surface area contributed by atoms with Crippen LogP contribution in [0, 0.1) is 10.5 Å². The molecule has 0 spiro atoms. The molecule has 0 aromatic carbocycles. The molecule has 0 aliphatic rings. The summed E-state index contributed by atoms with van der Waals surface area (Å²) >= 11 is 2.21. The molecule has 2 N–H and O–H groups in total. The summed E-state index contributed by atoms with van der Waals surface area (Å²) in [5.41, 5.74) is 1.07. The predicted octanol–water partition coefficient (Wildman–Crippen LogP) is 0.295. The SMILES string of the molecule is Cc1c(I)cnn1CCC(=O)NCCO. The van der Waals surface area contributed by atoms with Gasteiger partial charge in [-0.15, -0.1) is 0 Å². The maximum Gasteiger partial charge on any atom is 0.221 e. The number of hydrogen-bond acceptors (Lipinski definition) is 3. The molecule has 1 rings (SSSR count). The number of aromatic nitrogens is 2. The molecule has 1 aromatic heterocycles. The number of rotatable bonds is 5. The van der Waals surface area contributed by atoms with Gasteiger partial charge in [0.1, 0.15) is 0 Å². The largest absolute Gasteiger partial charge is 0.395 e. The number of nitrogens with one attached hydrogen (secondary N) is 1. The minimum atomic E-state index is -0.0611. The van der Waals surface area contributed by atoms with Crippen molar-refractivity contribution < 1.29 is 9.90 Å². The Bertz CT molecular complexity index is 338. The summed E-state index contributed by atoms with van der Waals surface area (Å²) in [4.78, 5) is 11.2. The summed E-state index contributed by atoms with van der Waals surface area (Å²) in [6, 6.07) is 0. The number of carbonyl (C=O) groups excluding carboxylic acids is 1. The van der Waals surface area contributed by atoms with Crippen molar-refractivity contribution >= 4 is 28.5 Å². The van der Waals surface area contributed by atoms with E-state index < -0.39 is 0 Å². The number of aryl methyl sites for hydroxylation is 1. The zero-order valence-corrected chi connectivity index (χ0v) is 10.7. The number of carbonyl (C=O) groups is 1. The predicted molar refractivity (Wildman–Crippen MR) is 64.4 cm³/mol. The van der Waals surface area contributed by atoms with Gasteiger partial charge in [0.25, 0.3) is 0 Å². The second kappa shape index (κ2) is 6.06. The number of amides is 1. The van der Waals surface area contributed by atoms with Gasteiger partial charge in [0.2, 0.25) is 5.91 Å². The Morgan fingerprint density at radius 1 is 1.73 bits per heavy atom. The van der Waals surface area contributed by atoms with E-state index in [-0.39, 0.29) is 12.5 Å². The van der Waals surface area contributed by atoms with Crippen LogP contribution in [-0.4, -0.2) is 33.9 Å². The van der Waals surface area contributed by atoms with Gasteiger partial charge in [0.15, 0.2) is 0 Å². The number of hydrogen-bond donors (Lipinski definition) is 2. The molecule has 6 heteroatoms. The van der Waals surface area contributed by atoms with Crippen LogP contribution in [0.3, 0.4) is 0 Å². The first kappa shape index (κ1) is 12.4. The van der Waals surface area contributed by atoms with Gasteiger partial charge in [-0.2, -0.15) is 5.10 Å². The van der Waals surface area contributed by atoms with Crippen molar-refractivity contribution in [3.05, 3.63) is 15.5 Å². The van der Waals surface area contributed by atoms with Crippen molar-refractivity contribution in [2.75, 3.05) is 13.2 Å². The third-order valence-corrected chi connectivity index (χ3v) is 3.09. The van der Waals surface area contributed by atoms with E-state index >= 15 is 0 Å². The maximum absolute atomic E-state index is 11.2. The highest BCUT2D eigenvalue weighted by molar-refractivity contribution is 14.1. The lowest BCUT2D eigenvalue weighted by Gasteiger charge is -2.05. The summed E-state index contributed by atoms with van der Waals surface area (Å²) in [5.74, 6) is -0.0611.